The monoisotopic (exact) mass is 290 g/mol. The van der Waals surface area contributed by atoms with Crippen LogP contribution in [0, 0.1) is 0 Å². The van der Waals surface area contributed by atoms with E-state index < -0.39 is 25.2 Å². The third-order valence-corrected chi connectivity index (χ3v) is 2.12. The average molecular weight is 290 g/mol. The minimum Gasteiger partial charge on any atom is -0.491 e. The summed E-state index contributed by atoms with van der Waals surface area (Å²) in [7, 11) is 0. The molecule has 0 bridgehead atoms. The van der Waals surface area contributed by atoms with Gasteiger partial charge < -0.3 is 15.4 Å². The molecule has 4 nitrogen and oxygen atoms in total. The fraction of sp³-hybridized carbons (Fsp3) is 0.462. The van der Waals surface area contributed by atoms with Crippen LogP contribution in [0.4, 0.5) is 18.9 Å². The number of carbonyl (C=O) groups excluding carboxylic acids is 1. The van der Waals surface area contributed by atoms with Crippen LogP contribution in [0.15, 0.2) is 24.3 Å². The number of alkyl halides is 3. The molecule has 1 rings (SSSR count). The van der Waals surface area contributed by atoms with Gasteiger partial charge in [0.2, 0.25) is 5.91 Å². The molecule has 0 heterocycles. The number of ether oxygens (including phenoxy) is 1. The lowest BCUT2D eigenvalue weighted by atomic mass is 10.3. The zero-order valence-electron chi connectivity index (χ0n) is 11.3. The third kappa shape index (κ3) is 6.98. The molecular formula is C13H17F3N2O2. The Bertz CT molecular complexity index is 430. The highest BCUT2D eigenvalue weighted by atomic mass is 19.4. The largest absolute Gasteiger partial charge is 0.491 e. The molecule has 0 aliphatic heterocycles. The van der Waals surface area contributed by atoms with Crippen LogP contribution in [0.25, 0.3) is 0 Å². The summed E-state index contributed by atoms with van der Waals surface area (Å²) < 4.78 is 41.0. The second-order valence-electron chi connectivity index (χ2n) is 4.46. The first-order valence-electron chi connectivity index (χ1n) is 6.10. The molecule has 0 spiro atoms. The van der Waals surface area contributed by atoms with E-state index in [-0.39, 0.29) is 6.10 Å². The summed E-state index contributed by atoms with van der Waals surface area (Å²) in [6.07, 6.45) is -4.28. The first-order chi connectivity index (χ1) is 9.26. The van der Waals surface area contributed by atoms with Crippen LogP contribution in [0.1, 0.15) is 13.8 Å². The van der Waals surface area contributed by atoms with Gasteiger partial charge in [0.25, 0.3) is 0 Å². The summed E-state index contributed by atoms with van der Waals surface area (Å²) in [5.41, 5.74) is 0.500. The van der Waals surface area contributed by atoms with E-state index in [4.69, 9.17) is 4.74 Å². The first-order valence-corrected chi connectivity index (χ1v) is 6.10. The molecule has 0 unspecified atom stereocenters. The Balaban J connectivity index is 2.38. The number of rotatable bonds is 6. The van der Waals surface area contributed by atoms with Crippen molar-refractivity contribution in [2.45, 2.75) is 26.1 Å². The topological polar surface area (TPSA) is 50.4 Å². The average Bonchev–Trinajstić information content (AvgIpc) is 2.29. The number of anilines is 1. The van der Waals surface area contributed by atoms with E-state index in [9.17, 15) is 18.0 Å². The van der Waals surface area contributed by atoms with Crippen molar-refractivity contribution < 1.29 is 22.7 Å². The Morgan fingerprint density at radius 2 is 1.85 bits per heavy atom. The zero-order valence-corrected chi connectivity index (χ0v) is 11.3. The summed E-state index contributed by atoms with van der Waals surface area (Å²) in [5.74, 6) is 0.125. The van der Waals surface area contributed by atoms with Gasteiger partial charge in [-0.3, -0.25) is 4.79 Å². The Labute approximate surface area is 115 Å². The van der Waals surface area contributed by atoms with Crippen molar-refractivity contribution in [1.29, 1.82) is 0 Å². The molecule has 1 aromatic carbocycles. The van der Waals surface area contributed by atoms with Crippen molar-refractivity contribution in [3.63, 3.8) is 0 Å². The van der Waals surface area contributed by atoms with Gasteiger partial charge in [0.1, 0.15) is 5.75 Å². The fourth-order valence-electron chi connectivity index (χ4n) is 1.41. The van der Waals surface area contributed by atoms with Crippen molar-refractivity contribution in [3.8, 4) is 5.75 Å². The molecule has 0 radical (unpaired) electrons. The van der Waals surface area contributed by atoms with E-state index in [1.54, 1.807) is 24.3 Å². The molecule has 20 heavy (non-hydrogen) atoms. The summed E-state index contributed by atoms with van der Waals surface area (Å²) in [5, 5.41) is 4.51. The normalized spacial score (nSPS) is 11.5. The van der Waals surface area contributed by atoms with Crippen molar-refractivity contribution >= 4 is 11.6 Å². The van der Waals surface area contributed by atoms with E-state index in [0.717, 1.165) is 0 Å². The SMILES string of the molecule is CC(C)Oc1ccc(NC(=O)CNCC(F)(F)F)cc1. The van der Waals surface area contributed by atoms with Gasteiger partial charge in [-0.25, -0.2) is 0 Å². The second-order valence-corrected chi connectivity index (χ2v) is 4.46. The van der Waals surface area contributed by atoms with Crippen LogP contribution in [0.3, 0.4) is 0 Å². The van der Waals surface area contributed by atoms with E-state index in [1.165, 1.54) is 0 Å². The van der Waals surface area contributed by atoms with Crippen LogP contribution in [0.2, 0.25) is 0 Å². The van der Waals surface area contributed by atoms with Crippen LogP contribution in [0.5, 0.6) is 5.75 Å². The van der Waals surface area contributed by atoms with E-state index in [0.29, 0.717) is 11.4 Å². The predicted molar refractivity (Wildman–Crippen MR) is 69.8 cm³/mol. The lowest BCUT2D eigenvalue weighted by molar-refractivity contribution is -0.126. The van der Waals surface area contributed by atoms with Gasteiger partial charge in [0.15, 0.2) is 0 Å². The molecule has 7 heteroatoms. The third-order valence-electron chi connectivity index (χ3n) is 2.12. The molecule has 112 valence electrons. The number of amides is 1. The molecule has 0 aliphatic rings. The fourth-order valence-corrected chi connectivity index (χ4v) is 1.41. The minimum absolute atomic E-state index is 0.0435. The highest BCUT2D eigenvalue weighted by Crippen LogP contribution is 2.16. The second kappa shape index (κ2) is 7.14. The van der Waals surface area contributed by atoms with Gasteiger partial charge in [-0.2, -0.15) is 13.2 Å². The van der Waals surface area contributed by atoms with Crippen molar-refractivity contribution in [3.05, 3.63) is 24.3 Å². The number of carbonyl (C=O) groups is 1. The lowest BCUT2D eigenvalue weighted by Crippen LogP contribution is -2.35. The predicted octanol–water partition coefficient (Wildman–Crippen LogP) is 2.56. The van der Waals surface area contributed by atoms with E-state index >= 15 is 0 Å². The Morgan fingerprint density at radius 1 is 1.25 bits per heavy atom. The maximum absolute atomic E-state index is 11.9. The molecule has 2 N–H and O–H groups in total. The summed E-state index contributed by atoms with van der Waals surface area (Å²) in [4.78, 5) is 11.4. The van der Waals surface area contributed by atoms with Crippen molar-refractivity contribution in [2.24, 2.45) is 0 Å². The van der Waals surface area contributed by atoms with Crippen LogP contribution >= 0.6 is 0 Å². The van der Waals surface area contributed by atoms with Gasteiger partial charge in [0, 0.05) is 5.69 Å². The highest BCUT2D eigenvalue weighted by molar-refractivity contribution is 5.92. The molecular weight excluding hydrogens is 273 g/mol. The molecule has 0 atom stereocenters. The molecule has 0 saturated carbocycles. The molecule has 0 aliphatic carbocycles. The molecule has 0 saturated heterocycles. The maximum Gasteiger partial charge on any atom is 0.401 e. The van der Waals surface area contributed by atoms with Crippen molar-refractivity contribution in [2.75, 3.05) is 18.4 Å². The lowest BCUT2D eigenvalue weighted by Gasteiger charge is -2.11. The maximum atomic E-state index is 11.9. The Hall–Kier alpha value is -1.76. The van der Waals surface area contributed by atoms with Gasteiger partial charge in [-0.05, 0) is 38.1 Å². The van der Waals surface area contributed by atoms with Crippen LogP contribution < -0.4 is 15.4 Å². The van der Waals surface area contributed by atoms with E-state index in [2.05, 4.69) is 5.32 Å². The Kier molecular flexibility index (Phi) is 5.82. The molecule has 1 aromatic rings. The number of hydrogen-bond acceptors (Lipinski definition) is 3. The van der Waals surface area contributed by atoms with Crippen molar-refractivity contribution in [1.82, 2.24) is 5.32 Å². The first kappa shape index (κ1) is 16.3. The van der Waals surface area contributed by atoms with E-state index in [1.807, 2.05) is 19.2 Å². The number of halogens is 3. The van der Waals surface area contributed by atoms with Crippen LogP contribution in [-0.2, 0) is 4.79 Å². The molecule has 0 fully saturated rings. The summed E-state index contributed by atoms with van der Waals surface area (Å²) in [6.45, 7) is 2.19. The quantitative estimate of drug-likeness (QED) is 0.846. The minimum atomic E-state index is -4.32. The van der Waals surface area contributed by atoms with Gasteiger partial charge >= 0.3 is 6.18 Å². The Morgan fingerprint density at radius 3 is 2.35 bits per heavy atom. The summed E-state index contributed by atoms with van der Waals surface area (Å²) in [6, 6.07) is 6.61. The number of benzene rings is 1. The number of nitrogens with one attached hydrogen (secondary N) is 2. The highest BCUT2D eigenvalue weighted by Gasteiger charge is 2.26. The zero-order chi connectivity index (χ0) is 15.2. The number of hydrogen-bond donors (Lipinski definition) is 2. The van der Waals surface area contributed by atoms with Gasteiger partial charge in [0.05, 0.1) is 19.2 Å². The standard InChI is InChI=1S/C13H17F3N2O2/c1-9(2)20-11-5-3-10(4-6-11)18-12(19)7-17-8-13(14,15)16/h3-6,9,17H,7-8H2,1-2H3,(H,18,19). The van der Waals surface area contributed by atoms with Gasteiger partial charge in [-0.15, -0.1) is 0 Å². The molecule has 0 aromatic heterocycles. The summed E-state index contributed by atoms with van der Waals surface area (Å²) >= 11 is 0. The van der Waals surface area contributed by atoms with Gasteiger partial charge in [-0.1, -0.05) is 0 Å². The molecule has 1 amide bonds. The smallest absolute Gasteiger partial charge is 0.401 e. The van der Waals surface area contributed by atoms with Crippen LogP contribution in [-0.4, -0.2) is 31.3 Å².